The molecule has 1 aliphatic heterocycles. The molecule has 3 aromatic heterocycles. The highest BCUT2D eigenvalue weighted by molar-refractivity contribution is 5.73. The minimum atomic E-state index is 0.0893. The van der Waals surface area contributed by atoms with Gasteiger partial charge in [-0.05, 0) is 31.9 Å². The summed E-state index contributed by atoms with van der Waals surface area (Å²) in [4.78, 5) is 36.1. The van der Waals surface area contributed by atoms with Crippen molar-refractivity contribution in [1.82, 2.24) is 29.8 Å². The smallest absolute Gasteiger partial charge is 0.219 e. The number of aromatic nitrogens is 5. The van der Waals surface area contributed by atoms with Gasteiger partial charge in [0.1, 0.15) is 17.5 Å². The van der Waals surface area contributed by atoms with E-state index in [4.69, 9.17) is 9.97 Å². The van der Waals surface area contributed by atoms with Crippen LogP contribution >= 0.6 is 0 Å². The van der Waals surface area contributed by atoms with E-state index in [9.17, 15) is 4.79 Å². The predicted octanol–water partition coefficient (Wildman–Crippen LogP) is 3.11. The van der Waals surface area contributed by atoms with Crippen molar-refractivity contribution in [3.8, 4) is 11.3 Å². The average molecular weight is 389 g/mol. The summed E-state index contributed by atoms with van der Waals surface area (Å²) in [5, 5.41) is 3.24. The van der Waals surface area contributed by atoms with Gasteiger partial charge in [-0.2, -0.15) is 0 Å². The molecular weight excluding hydrogens is 366 g/mol. The van der Waals surface area contributed by atoms with Gasteiger partial charge < -0.3 is 10.2 Å². The Bertz CT molecular complexity index is 1010. The first kappa shape index (κ1) is 18.9. The molecule has 1 unspecified atom stereocenters. The number of aryl methyl sites for hydroxylation is 1. The van der Waals surface area contributed by atoms with Gasteiger partial charge in [-0.3, -0.25) is 14.8 Å². The lowest BCUT2D eigenvalue weighted by atomic mass is 9.97. The Hall–Kier alpha value is -3.42. The van der Waals surface area contributed by atoms with Crippen LogP contribution in [-0.4, -0.2) is 48.8 Å². The molecule has 0 bridgehead atoms. The minimum absolute atomic E-state index is 0.0893. The Balaban J connectivity index is 1.71. The summed E-state index contributed by atoms with van der Waals surface area (Å²) < 4.78 is 0. The van der Waals surface area contributed by atoms with E-state index in [2.05, 4.69) is 20.3 Å². The molecule has 4 rings (SSSR count). The molecule has 4 heterocycles. The molecule has 0 radical (unpaired) electrons. The van der Waals surface area contributed by atoms with E-state index >= 15 is 0 Å². The SMILES string of the molecule is CC(=O)N1CCCC(c2nc(Nc3cncc(C)n3)cc(-c3cccnc3)n2)C1. The average Bonchev–Trinajstić information content (AvgIpc) is 2.74. The quantitative estimate of drug-likeness (QED) is 0.732. The Morgan fingerprint density at radius 3 is 2.79 bits per heavy atom. The van der Waals surface area contributed by atoms with Crippen molar-refractivity contribution in [2.75, 3.05) is 18.4 Å². The third kappa shape index (κ3) is 4.53. The summed E-state index contributed by atoms with van der Waals surface area (Å²) in [5.74, 6) is 2.18. The van der Waals surface area contributed by atoms with Gasteiger partial charge in [0.15, 0.2) is 0 Å². The molecule has 3 aromatic rings. The molecule has 1 saturated heterocycles. The molecule has 1 atom stereocenters. The van der Waals surface area contributed by atoms with E-state index in [0.717, 1.165) is 42.2 Å². The van der Waals surface area contributed by atoms with Crippen LogP contribution < -0.4 is 5.32 Å². The molecule has 1 aliphatic rings. The first-order valence-electron chi connectivity index (χ1n) is 9.69. The fraction of sp³-hybridized carbons (Fsp3) is 0.333. The normalized spacial score (nSPS) is 16.5. The van der Waals surface area contributed by atoms with E-state index in [1.54, 1.807) is 31.7 Å². The van der Waals surface area contributed by atoms with Crippen LogP contribution in [0, 0.1) is 6.92 Å². The largest absolute Gasteiger partial charge is 0.342 e. The molecule has 0 saturated carbocycles. The third-order valence-corrected chi connectivity index (χ3v) is 4.94. The van der Waals surface area contributed by atoms with Gasteiger partial charge in [0.05, 0.1) is 17.6 Å². The molecule has 1 N–H and O–H groups in total. The van der Waals surface area contributed by atoms with E-state index in [1.165, 1.54) is 0 Å². The van der Waals surface area contributed by atoms with Crippen LogP contribution in [0.1, 0.15) is 37.2 Å². The van der Waals surface area contributed by atoms with E-state index < -0.39 is 0 Å². The molecule has 29 heavy (non-hydrogen) atoms. The van der Waals surface area contributed by atoms with Gasteiger partial charge in [-0.25, -0.2) is 15.0 Å². The molecule has 8 heteroatoms. The molecule has 148 valence electrons. The molecule has 0 aromatic carbocycles. The molecule has 1 amide bonds. The molecule has 0 spiro atoms. The Morgan fingerprint density at radius 1 is 1.14 bits per heavy atom. The summed E-state index contributed by atoms with van der Waals surface area (Å²) in [6.45, 7) is 4.93. The second-order valence-electron chi connectivity index (χ2n) is 7.21. The van der Waals surface area contributed by atoms with Crippen molar-refractivity contribution in [3.63, 3.8) is 0 Å². The molecule has 0 aliphatic carbocycles. The van der Waals surface area contributed by atoms with Gasteiger partial charge in [-0.1, -0.05) is 0 Å². The number of nitrogens with one attached hydrogen (secondary N) is 1. The predicted molar refractivity (Wildman–Crippen MR) is 110 cm³/mol. The second-order valence-corrected chi connectivity index (χ2v) is 7.21. The highest BCUT2D eigenvalue weighted by Gasteiger charge is 2.25. The van der Waals surface area contributed by atoms with Crippen molar-refractivity contribution in [2.45, 2.75) is 32.6 Å². The van der Waals surface area contributed by atoms with Crippen molar-refractivity contribution in [3.05, 3.63) is 54.5 Å². The monoisotopic (exact) mass is 389 g/mol. The van der Waals surface area contributed by atoms with Crippen LogP contribution in [0.15, 0.2) is 43.0 Å². The maximum absolute atomic E-state index is 11.9. The summed E-state index contributed by atoms with van der Waals surface area (Å²) in [6.07, 6.45) is 8.78. The summed E-state index contributed by atoms with van der Waals surface area (Å²) >= 11 is 0. The lowest BCUT2D eigenvalue weighted by molar-refractivity contribution is -0.130. The Labute approximate surface area is 169 Å². The maximum Gasteiger partial charge on any atom is 0.219 e. The number of carbonyl (C=O) groups is 1. The summed E-state index contributed by atoms with van der Waals surface area (Å²) in [7, 11) is 0. The van der Waals surface area contributed by atoms with E-state index in [1.807, 2.05) is 30.0 Å². The van der Waals surface area contributed by atoms with Crippen LogP contribution in [0.2, 0.25) is 0 Å². The minimum Gasteiger partial charge on any atom is -0.342 e. The fourth-order valence-corrected chi connectivity index (χ4v) is 3.50. The van der Waals surface area contributed by atoms with E-state index in [0.29, 0.717) is 18.2 Å². The van der Waals surface area contributed by atoms with Crippen molar-refractivity contribution < 1.29 is 4.79 Å². The number of hydrogen-bond acceptors (Lipinski definition) is 7. The second kappa shape index (κ2) is 8.30. The number of carbonyl (C=O) groups excluding carboxylic acids is 1. The van der Waals surface area contributed by atoms with Crippen LogP contribution in [0.5, 0.6) is 0 Å². The van der Waals surface area contributed by atoms with Crippen LogP contribution in [0.3, 0.4) is 0 Å². The van der Waals surface area contributed by atoms with Crippen LogP contribution in [0.25, 0.3) is 11.3 Å². The number of nitrogens with zero attached hydrogens (tertiary/aromatic N) is 6. The van der Waals surface area contributed by atoms with E-state index in [-0.39, 0.29) is 11.8 Å². The van der Waals surface area contributed by atoms with Crippen LogP contribution in [-0.2, 0) is 4.79 Å². The molecule has 1 fully saturated rings. The number of piperidine rings is 1. The number of anilines is 2. The summed E-state index contributed by atoms with van der Waals surface area (Å²) in [6, 6.07) is 5.74. The fourth-order valence-electron chi connectivity index (χ4n) is 3.50. The first-order valence-corrected chi connectivity index (χ1v) is 9.69. The van der Waals surface area contributed by atoms with Crippen LogP contribution in [0.4, 0.5) is 11.6 Å². The van der Waals surface area contributed by atoms with Gasteiger partial charge in [-0.15, -0.1) is 0 Å². The molecular formula is C21H23N7O. The number of hydrogen-bond donors (Lipinski definition) is 1. The standard InChI is InChI=1S/C21H23N7O/c1-14-10-23-12-20(24-14)26-19-9-18(16-5-3-7-22-11-16)25-21(27-19)17-6-4-8-28(13-17)15(2)29/h3,5,7,9-12,17H,4,6,8,13H2,1-2H3,(H,24,25,26,27). The zero-order chi connectivity index (χ0) is 20.2. The highest BCUT2D eigenvalue weighted by Crippen LogP contribution is 2.28. The number of pyridine rings is 1. The topological polar surface area (TPSA) is 96.8 Å². The zero-order valence-corrected chi connectivity index (χ0v) is 16.5. The van der Waals surface area contributed by atoms with Gasteiger partial charge in [0.25, 0.3) is 0 Å². The number of likely N-dealkylation sites (tertiary alicyclic amines) is 1. The third-order valence-electron chi connectivity index (χ3n) is 4.94. The Kier molecular flexibility index (Phi) is 5.41. The first-order chi connectivity index (χ1) is 14.1. The Morgan fingerprint density at radius 2 is 2.03 bits per heavy atom. The lowest BCUT2D eigenvalue weighted by Gasteiger charge is -2.31. The highest BCUT2D eigenvalue weighted by atomic mass is 16.2. The summed E-state index contributed by atoms with van der Waals surface area (Å²) in [5.41, 5.74) is 2.51. The molecule has 8 nitrogen and oxygen atoms in total. The maximum atomic E-state index is 11.9. The number of amides is 1. The van der Waals surface area contributed by atoms with Crippen molar-refractivity contribution in [1.29, 1.82) is 0 Å². The lowest BCUT2D eigenvalue weighted by Crippen LogP contribution is -2.38. The van der Waals surface area contributed by atoms with Gasteiger partial charge in [0, 0.05) is 56.2 Å². The van der Waals surface area contributed by atoms with Crippen molar-refractivity contribution in [2.24, 2.45) is 0 Å². The van der Waals surface area contributed by atoms with Gasteiger partial charge in [0.2, 0.25) is 5.91 Å². The van der Waals surface area contributed by atoms with Crippen molar-refractivity contribution >= 4 is 17.5 Å². The number of rotatable bonds is 4. The van der Waals surface area contributed by atoms with Gasteiger partial charge >= 0.3 is 0 Å². The zero-order valence-electron chi connectivity index (χ0n) is 16.5.